The number of rotatable bonds is 4. The molecule has 6 nitrogen and oxygen atoms in total. The minimum absolute atomic E-state index is 0.581. The summed E-state index contributed by atoms with van der Waals surface area (Å²) in [6.45, 7) is 4.00. The maximum Gasteiger partial charge on any atom is 0.240 e. The molecule has 2 heterocycles. The molecule has 0 unspecified atom stereocenters. The summed E-state index contributed by atoms with van der Waals surface area (Å²) in [4.78, 5) is 25.0. The van der Waals surface area contributed by atoms with Crippen molar-refractivity contribution in [1.29, 1.82) is 0 Å². The number of aryl methyl sites for hydroxylation is 1. The summed E-state index contributed by atoms with van der Waals surface area (Å²) in [5, 5.41) is 3.26. The first kappa shape index (κ1) is 14.2. The molecule has 1 fully saturated rings. The Labute approximate surface area is 128 Å². The summed E-state index contributed by atoms with van der Waals surface area (Å²) in [5.74, 6) is 2.48. The molecule has 3 rings (SSSR count). The van der Waals surface area contributed by atoms with E-state index in [-0.39, 0.29) is 0 Å². The molecule has 112 valence electrons. The number of hydrogen-bond donors (Lipinski definition) is 1. The Hall–Kier alpha value is -2.72. The zero-order chi connectivity index (χ0) is 15.4. The fourth-order valence-corrected chi connectivity index (χ4v) is 2.54. The van der Waals surface area contributed by atoms with E-state index >= 15 is 0 Å². The van der Waals surface area contributed by atoms with Crippen LogP contribution in [0.2, 0.25) is 0 Å². The van der Waals surface area contributed by atoms with E-state index in [1.807, 2.05) is 25.1 Å². The Morgan fingerprint density at radius 2 is 1.91 bits per heavy atom. The quantitative estimate of drug-likeness (QED) is 0.693. The van der Waals surface area contributed by atoms with Crippen molar-refractivity contribution in [2.75, 3.05) is 23.3 Å². The number of isocyanates is 1. The van der Waals surface area contributed by atoms with Crippen molar-refractivity contribution < 1.29 is 4.79 Å². The average molecular weight is 295 g/mol. The van der Waals surface area contributed by atoms with Gasteiger partial charge in [0.05, 0.1) is 5.69 Å². The van der Waals surface area contributed by atoms with Crippen LogP contribution in [-0.4, -0.2) is 29.1 Å². The summed E-state index contributed by atoms with van der Waals surface area (Å²) in [7, 11) is 0. The first-order chi connectivity index (χ1) is 10.7. The van der Waals surface area contributed by atoms with Gasteiger partial charge in [0.1, 0.15) is 17.5 Å². The van der Waals surface area contributed by atoms with Gasteiger partial charge in [0.2, 0.25) is 6.08 Å². The largest absolute Gasteiger partial charge is 0.356 e. The number of carbonyl (C=O) groups excluding carboxylic acids is 1. The Morgan fingerprint density at radius 3 is 2.59 bits per heavy atom. The van der Waals surface area contributed by atoms with Crippen molar-refractivity contribution in [2.45, 2.75) is 19.8 Å². The molecule has 0 atom stereocenters. The number of benzene rings is 1. The summed E-state index contributed by atoms with van der Waals surface area (Å²) >= 11 is 0. The molecule has 2 aromatic rings. The fraction of sp³-hybridized carbons (Fsp3) is 0.312. The van der Waals surface area contributed by atoms with Gasteiger partial charge in [-0.2, -0.15) is 4.99 Å². The van der Waals surface area contributed by atoms with E-state index in [9.17, 15) is 4.79 Å². The molecule has 1 aliphatic heterocycles. The van der Waals surface area contributed by atoms with Crippen molar-refractivity contribution in [3.8, 4) is 0 Å². The Bertz CT molecular complexity index is 701. The van der Waals surface area contributed by atoms with E-state index in [0.717, 1.165) is 36.2 Å². The summed E-state index contributed by atoms with van der Waals surface area (Å²) in [5.41, 5.74) is 1.47. The van der Waals surface area contributed by atoms with Gasteiger partial charge in [0, 0.05) is 24.8 Å². The Morgan fingerprint density at radius 1 is 1.18 bits per heavy atom. The molecule has 1 saturated heterocycles. The lowest BCUT2D eigenvalue weighted by atomic mass is 10.3. The first-order valence-electron chi connectivity index (χ1n) is 7.30. The van der Waals surface area contributed by atoms with Crippen LogP contribution in [0.15, 0.2) is 35.3 Å². The van der Waals surface area contributed by atoms with Gasteiger partial charge in [-0.3, -0.25) is 0 Å². The van der Waals surface area contributed by atoms with Gasteiger partial charge in [-0.1, -0.05) is 0 Å². The van der Waals surface area contributed by atoms with Crippen LogP contribution in [0.25, 0.3) is 0 Å². The molecule has 1 aliphatic rings. The van der Waals surface area contributed by atoms with Gasteiger partial charge in [-0.15, -0.1) is 0 Å². The van der Waals surface area contributed by atoms with E-state index in [1.165, 1.54) is 18.9 Å². The van der Waals surface area contributed by atoms with Gasteiger partial charge in [-0.05, 0) is 44.0 Å². The normalized spacial score (nSPS) is 13.8. The number of anilines is 3. The van der Waals surface area contributed by atoms with Gasteiger partial charge in [0.15, 0.2) is 0 Å². The molecule has 1 aromatic heterocycles. The number of aromatic nitrogens is 2. The molecule has 0 saturated carbocycles. The second-order valence-electron chi connectivity index (χ2n) is 5.23. The van der Waals surface area contributed by atoms with E-state index in [2.05, 4.69) is 25.2 Å². The van der Waals surface area contributed by atoms with Crippen LogP contribution < -0.4 is 10.2 Å². The molecule has 22 heavy (non-hydrogen) atoms. The topological polar surface area (TPSA) is 70.5 Å². The van der Waals surface area contributed by atoms with Crippen LogP contribution in [0.1, 0.15) is 18.7 Å². The van der Waals surface area contributed by atoms with Crippen molar-refractivity contribution in [1.82, 2.24) is 9.97 Å². The van der Waals surface area contributed by atoms with Gasteiger partial charge < -0.3 is 10.2 Å². The van der Waals surface area contributed by atoms with Gasteiger partial charge in [0.25, 0.3) is 0 Å². The van der Waals surface area contributed by atoms with Crippen LogP contribution in [-0.2, 0) is 4.79 Å². The second kappa shape index (κ2) is 6.37. The zero-order valence-corrected chi connectivity index (χ0v) is 12.4. The third kappa shape index (κ3) is 3.30. The molecule has 0 amide bonds. The minimum atomic E-state index is 0.581. The molecular formula is C16H17N5O. The third-order valence-electron chi connectivity index (χ3n) is 3.57. The number of nitrogens with one attached hydrogen (secondary N) is 1. The molecule has 1 aromatic carbocycles. The highest BCUT2D eigenvalue weighted by atomic mass is 16.1. The summed E-state index contributed by atoms with van der Waals surface area (Å²) in [6.07, 6.45) is 3.95. The van der Waals surface area contributed by atoms with Crippen LogP contribution in [0, 0.1) is 6.92 Å². The van der Waals surface area contributed by atoms with Crippen LogP contribution in [0.3, 0.4) is 0 Å². The van der Waals surface area contributed by atoms with E-state index < -0.39 is 0 Å². The molecule has 0 aliphatic carbocycles. The van der Waals surface area contributed by atoms with Gasteiger partial charge >= 0.3 is 0 Å². The van der Waals surface area contributed by atoms with Crippen LogP contribution in [0.5, 0.6) is 0 Å². The molecule has 1 N–H and O–H groups in total. The standard InChI is InChI=1S/C16H17N5O/c1-12-18-15(10-16(19-12)21-8-2-3-9-21)20-14-6-4-13(5-7-14)17-11-22/h4-7,10H,2-3,8-9H2,1H3,(H,18,19,20). The lowest BCUT2D eigenvalue weighted by Gasteiger charge is -2.17. The number of hydrogen-bond acceptors (Lipinski definition) is 6. The van der Waals surface area contributed by atoms with Gasteiger partial charge in [-0.25, -0.2) is 14.8 Å². The molecule has 0 radical (unpaired) electrons. The predicted octanol–water partition coefficient (Wildman–Crippen LogP) is 3.10. The molecule has 0 spiro atoms. The lowest BCUT2D eigenvalue weighted by molar-refractivity contribution is 0.565. The van der Waals surface area contributed by atoms with Crippen molar-refractivity contribution in [3.63, 3.8) is 0 Å². The average Bonchev–Trinajstić information content (AvgIpc) is 3.03. The minimum Gasteiger partial charge on any atom is -0.356 e. The predicted molar refractivity (Wildman–Crippen MR) is 85.7 cm³/mol. The van der Waals surface area contributed by atoms with E-state index in [4.69, 9.17) is 0 Å². The smallest absolute Gasteiger partial charge is 0.240 e. The van der Waals surface area contributed by atoms with Crippen molar-refractivity contribution >= 4 is 29.1 Å². The molecular weight excluding hydrogens is 278 g/mol. The maximum absolute atomic E-state index is 10.2. The molecule has 6 heteroatoms. The zero-order valence-electron chi connectivity index (χ0n) is 12.4. The highest BCUT2D eigenvalue weighted by Crippen LogP contribution is 2.23. The van der Waals surface area contributed by atoms with Crippen LogP contribution in [0.4, 0.5) is 23.0 Å². The summed E-state index contributed by atoms with van der Waals surface area (Å²) < 4.78 is 0. The highest BCUT2D eigenvalue weighted by Gasteiger charge is 2.15. The Kier molecular flexibility index (Phi) is 4.12. The highest BCUT2D eigenvalue weighted by molar-refractivity contribution is 5.62. The fourth-order valence-electron chi connectivity index (χ4n) is 2.54. The second-order valence-corrected chi connectivity index (χ2v) is 5.23. The lowest BCUT2D eigenvalue weighted by Crippen LogP contribution is -2.19. The Balaban J connectivity index is 1.80. The van der Waals surface area contributed by atoms with Crippen molar-refractivity contribution in [3.05, 3.63) is 36.2 Å². The first-order valence-corrected chi connectivity index (χ1v) is 7.30. The van der Waals surface area contributed by atoms with E-state index in [0.29, 0.717) is 5.69 Å². The van der Waals surface area contributed by atoms with Crippen LogP contribution >= 0.6 is 0 Å². The molecule has 0 bridgehead atoms. The number of aliphatic imine (C=N–C) groups is 1. The SMILES string of the molecule is Cc1nc(Nc2ccc(N=C=O)cc2)cc(N2CCCC2)n1. The third-order valence-corrected chi connectivity index (χ3v) is 3.57. The number of nitrogens with zero attached hydrogens (tertiary/aromatic N) is 4. The van der Waals surface area contributed by atoms with E-state index in [1.54, 1.807) is 12.1 Å². The monoisotopic (exact) mass is 295 g/mol. The summed E-state index contributed by atoms with van der Waals surface area (Å²) in [6, 6.07) is 9.17. The van der Waals surface area contributed by atoms with Crippen molar-refractivity contribution in [2.24, 2.45) is 4.99 Å². The maximum atomic E-state index is 10.2.